The van der Waals surface area contributed by atoms with Gasteiger partial charge in [-0.15, -0.1) is 0 Å². The highest BCUT2D eigenvalue weighted by Crippen LogP contribution is 2.27. The van der Waals surface area contributed by atoms with Crippen LogP contribution in [0.15, 0.2) is 42.5 Å². The third-order valence-electron chi connectivity index (χ3n) is 4.04. The van der Waals surface area contributed by atoms with Crippen molar-refractivity contribution < 1.29 is 19.0 Å². The average molecular weight is 372 g/mol. The molecular formula is C21H28N2O4. The van der Waals surface area contributed by atoms with E-state index in [9.17, 15) is 4.79 Å². The molecule has 2 rings (SSSR count). The Morgan fingerprint density at radius 2 is 1.63 bits per heavy atom. The first-order valence-electron chi connectivity index (χ1n) is 9.04. The zero-order valence-corrected chi connectivity index (χ0v) is 16.2. The lowest BCUT2D eigenvalue weighted by Gasteiger charge is -2.11. The molecule has 0 saturated carbocycles. The zero-order chi connectivity index (χ0) is 19.5. The minimum Gasteiger partial charge on any atom is -0.494 e. The van der Waals surface area contributed by atoms with Gasteiger partial charge in [0.15, 0.2) is 11.5 Å². The molecule has 146 valence electrons. The van der Waals surface area contributed by atoms with Crippen molar-refractivity contribution in [2.45, 2.75) is 19.8 Å². The molecule has 0 saturated heterocycles. The lowest BCUT2D eigenvalue weighted by molar-refractivity contribution is 0.239. The van der Waals surface area contributed by atoms with Gasteiger partial charge in [-0.1, -0.05) is 23.8 Å². The van der Waals surface area contributed by atoms with Gasteiger partial charge in [0.25, 0.3) is 0 Å². The number of ether oxygens (including phenoxy) is 3. The predicted octanol–water partition coefficient (Wildman–Crippen LogP) is 3.32. The molecule has 0 radical (unpaired) electrons. The van der Waals surface area contributed by atoms with Gasteiger partial charge in [-0.05, 0) is 49.6 Å². The molecule has 0 aliphatic heterocycles. The van der Waals surface area contributed by atoms with Gasteiger partial charge < -0.3 is 24.8 Å². The molecular weight excluding hydrogens is 344 g/mol. The highest BCUT2D eigenvalue weighted by atomic mass is 16.5. The summed E-state index contributed by atoms with van der Waals surface area (Å²) in [4.78, 5) is 11.8. The van der Waals surface area contributed by atoms with Gasteiger partial charge in [0, 0.05) is 13.1 Å². The second kappa shape index (κ2) is 11.0. The van der Waals surface area contributed by atoms with Crippen molar-refractivity contribution in [3.63, 3.8) is 0 Å². The summed E-state index contributed by atoms with van der Waals surface area (Å²) in [5.74, 6) is 2.23. The number of rotatable bonds is 10. The molecule has 2 aromatic rings. The van der Waals surface area contributed by atoms with Crippen molar-refractivity contribution in [2.75, 3.05) is 33.9 Å². The smallest absolute Gasteiger partial charge is 0.314 e. The minimum absolute atomic E-state index is 0.175. The number of urea groups is 1. The monoisotopic (exact) mass is 372 g/mol. The van der Waals surface area contributed by atoms with Gasteiger partial charge in [0.05, 0.1) is 20.8 Å². The van der Waals surface area contributed by atoms with Gasteiger partial charge in [-0.25, -0.2) is 4.79 Å². The highest BCUT2D eigenvalue weighted by Gasteiger charge is 2.05. The summed E-state index contributed by atoms with van der Waals surface area (Å²) in [5.41, 5.74) is 2.27. The van der Waals surface area contributed by atoms with Crippen LogP contribution in [-0.4, -0.2) is 39.9 Å². The zero-order valence-electron chi connectivity index (χ0n) is 16.2. The number of carbonyl (C=O) groups excluding carboxylic acids is 1. The van der Waals surface area contributed by atoms with E-state index in [-0.39, 0.29) is 6.03 Å². The molecule has 0 atom stereocenters. The molecule has 0 unspecified atom stereocenters. The largest absolute Gasteiger partial charge is 0.494 e. The molecule has 27 heavy (non-hydrogen) atoms. The Morgan fingerprint density at radius 1 is 0.926 bits per heavy atom. The maximum Gasteiger partial charge on any atom is 0.314 e. The second-order valence-electron chi connectivity index (χ2n) is 6.14. The summed E-state index contributed by atoms with van der Waals surface area (Å²) in [7, 11) is 3.21. The van der Waals surface area contributed by atoms with Crippen LogP contribution in [0.1, 0.15) is 17.5 Å². The van der Waals surface area contributed by atoms with E-state index < -0.39 is 0 Å². The third-order valence-corrected chi connectivity index (χ3v) is 4.04. The normalized spacial score (nSPS) is 10.2. The number of benzene rings is 2. The van der Waals surface area contributed by atoms with Crippen molar-refractivity contribution in [1.29, 1.82) is 0 Å². The van der Waals surface area contributed by atoms with Crippen molar-refractivity contribution in [2.24, 2.45) is 0 Å². The summed E-state index contributed by atoms with van der Waals surface area (Å²) >= 11 is 0. The maximum absolute atomic E-state index is 11.8. The van der Waals surface area contributed by atoms with Crippen LogP contribution in [0, 0.1) is 6.92 Å². The van der Waals surface area contributed by atoms with Crippen molar-refractivity contribution in [3.8, 4) is 17.2 Å². The molecule has 0 aliphatic rings. The first-order chi connectivity index (χ1) is 13.1. The van der Waals surface area contributed by atoms with Crippen LogP contribution in [-0.2, 0) is 6.42 Å². The molecule has 0 aliphatic carbocycles. The molecule has 0 bridgehead atoms. The molecule has 2 amide bonds. The Hall–Kier alpha value is -2.89. The number of carbonyl (C=O) groups is 1. The van der Waals surface area contributed by atoms with Crippen LogP contribution in [0.2, 0.25) is 0 Å². The fraction of sp³-hybridized carbons (Fsp3) is 0.381. The Balaban J connectivity index is 1.59. The lowest BCUT2D eigenvalue weighted by atomic mass is 10.1. The van der Waals surface area contributed by atoms with Crippen molar-refractivity contribution in [3.05, 3.63) is 53.6 Å². The molecule has 2 N–H and O–H groups in total. The van der Waals surface area contributed by atoms with Crippen LogP contribution in [0.5, 0.6) is 17.2 Å². The Morgan fingerprint density at radius 3 is 2.33 bits per heavy atom. The summed E-state index contributed by atoms with van der Waals surface area (Å²) in [5, 5.41) is 5.68. The number of methoxy groups -OCH3 is 2. The van der Waals surface area contributed by atoms with E-state index in [1.165, 1.54) is 5.56 Å². The minimum atomic E-state index is -0.175. The Bertz CT molecular complexity index is 717. The topological polar surface area (TPSA) is 68.8 Å². The molecule has 6 heteroatoms. The van der Waals surface area contributed by atoms with Gasteiger partial charge in [-0.2, -0.15) is 0 Å². The lowest BCUT2D eigenvalue weighted by Crippen LogP contribution is -2.37. The van der Waals surface area contributed by atoms with Crippen molar-refractivity contribution >= 4 is 6.03 Å². The van der Waals surface area contributed by atoms with E-state index >= 15 is 0 Å². The van der Waals surface area contributed by atoms with Gasteiger partial charge in [0.2, 0.25) is 0 Å². The molecule has 6 nitrogen and oxygen atoms in total. The van der Waals surface area contributed by atoms with Gasteiger partial charge in [-0.3, -0.25) is 0 Å². The SMILES string of the molecule is COc1ccc(CCNC(=O)NCCCOc2ccc(C)cc2)cc1OC. The van der Waals surface area contributed by atoms with Gasteiger partial charge >= 0.3 is 6.03 Å². The number of nitrogens with one attached hydrogen (secondary N) is 2. The van der Waals surface area contributed by atoms with Crippen LogP contribution in [0.3, 0.4) is 0 Å². The molecule has 0 aromatic heterocycles. The Labute approximate surface area is 160 Å². The summed E-state index contributed by atoms with van der Waals surface area (Å²) in [6.45, 7) is 3.71. The summed E-state index contributed by atoms with van der Waals surface area (Å²) < 4.78 is 16.1. The summed E-state index contributed by atoms with van der Waals surface area (Å²) in [6, 6.07) is 13.5. The fourth-order valence-electron chi connectivity index (χ4n) is 2.52. The van der Waals surface area contributed by atoms with Crippen molar-refractivity contribution in [1.82, 2.24) is 10.6 Å². The maximum atomic E-state index is 11.8. The fourth-order valence-corrected chi connectivity index (χ4v) is 2.52. The predicted molar refractivity (Wildman–Crippen MR) is 106 cm³/mol. The molecule has 0 spiro atoms. The number of aryl methyl sites for hydroxylation is 1. The summed E-state index contributed by atoms with van der Waals surface area (Å²) in [6.07, 6.45) is 1.46. The van der Waals surface area contributed by atoms with Crippen LogP contribution < -0.4 is 24.8 Å². The molecule has 0 heterocycles. The molecule has 0 fully saturated rings. The standard InChI is InChI=1S/C21H28N2O4/c1-16-5-8-18(9-6-16)27-14-4-12-22-21(24)23-13-11-17-7-10-19(25-2)20(15-17)26-3/h5-10,15H,4,11-14H2,1-3H3,(H2,22,23,24). The van der Waals surface area contributed by atoms with E-state index in [0.29, 0.717) is 37.6 Å². The van der Waals surface area contributed by atoms with E-state index in [1.54, 1.807) is 14.2 Å². The number of hydrogen-bond acceptors (Lipinski definition) is 4. The van der Waals surface area contributed by atoms with Crippen LogP contribution >= 0.6 is 0 Å². The van der Waals surface area contributed by atoms with E-state index in [4.69, 9.17) is 14.2 Å². The van der Waals surface area contributed by atoms with E-state index in [0.717, 1.165) is 17.7 Å². The first-order valence-corrected chi connectivity index (χ1v) is 9.04. The molecule has 2 aromatic carbocycles. The Kier molecular flexibility index (Phi) is 8.29. The van der Waals surface area contributed by atoms with Crippen LogP contribution in [0.4, 0.5) is 4.79 Å². The quantitative estimate of drug-likeness (QED) is 0.628. The number of amides is 2. The average Bonchev–Trinajstić information content (AvgIpc) is 2.69. The highest BCUT2D eigenvalue weighted by molar-refractivity contribution is 5.73. The second-order valence-corrected chi connectivity index (χ2v) is 6.14. The van der Waals surface area contributed by atoms with Crippen LogP contribution in [0.25, 0.3) is 0 Å². The first kappa shape index (κ1) is 20.4. The number of hydrogen-bond donors (Lipinski definition) is 2. The van der Waals surface area contributed by atoms with E-state index in [1.807, 2.05) is 49.4 Å². The van der Waals surface area contributed by atoms with E-state index in [2.05, 4.69) is 10.6 Å². The third kappa shape index (κ3) is 7.09. The van der Waals surface area contributed by atoms with Gasteiger partial charge in [0.1, 0.15) is 5.75 Å².